The lowest BCUT2D eigenvalue weighted by atomic mass is 9.91. The summed E-state index contributed by atoms with van der Waals surface area (Å²) in [5.74, 6) is 1.07. The molecule has 0 spiro atoms. The van der Waals surface area contributed by atoms with E-state index in [1.54, 1.807) is 35.7 Å². The molecule has 1 amide bonds. The van der Waals surface area contributed by atoms with Gasteiger partial charge in [-0.1, -0.05) is 19.4 Å². The number of benzene rings is 1. The van der Waals surface area contributed by atoms with Gasteiger partial charge in [0.25, 0.3) is 15.9 Å². The molecule has 0 aliphatic carbocycles. The number of sulfonamides is 1. The topological polar surface area (TPSA) is 84.9 Å². The van der Waals surface area contributed by atoms with E-state index in [2.05, 4.69) is 5.32 Å². The van der Waals surface area contributed by atoms with Crippen molar-refractivity contribution in [3.05, 3.63) is 41.3 Å². The number of hydrogen-bond donors (Lipinski definition) is 1. The number of piperidine rings is 1. The highest BCUT2D eigenvalue weighted by atomic mass is 32.2. The summed E-state index contributed by atoms with van der Waals surface area (Å²) in [7, 11) is -3.46. The molecule has 1 saturated heterocycles. The first-order valence-electron chi connectivity index (χ1n) is 9.23. The number of fused-ring (bicyclic) bond motifs is 1. The minimum absolute atomic E-state index is 0.0569. The average molecular weight is 423 g/mol. The van der Waals surface area contributed by atoms with Gasteiger partial charge in [0.1, 0.15) is 4.21 Å². The molecule has 0 saturated carbocycles. The van der Waals surface area contributed by atoms with Gasteiger partial charge < -0.3 is 14.8 Å². The van der Waals surface area contributed by atoms with Crippen molar-refractivity contribution in [2.75, 3.05) is 19.9 Å². The van der Waals surface area contributed by atoms with E-state index in [0.717, 1.165) is 6.42 Å². The molecule has 2 atom stereocenters. The van der Waals surface area contributed by atoms with Crippen molar-refractivity contribution >= 4 is 27.3 Å². The van der Waals surface area contributed by atoms with E-state index in [-0.39, 0.29) is 24.7 Å². The Kier molecular flexibility index (Phi) is 5.31. The largest absolute Gasteiger partial charge is 0.454 e. The van der Waals surface area contributed by atoms with Crippen LogP contribution in [0.3, 0.4) is 0 Å². The van der Waals surface area contributed by atoms with E-state index in [1.165, 1.54) is 15.6 Å². The van der Waals surface area contributed by atoms with Gasteiger partial charge in [0, 0.05) is 24.7 Å². The Hall–Kier alpha value is -2.10. The molecule has 1 fully saturated rings. The molecule has 150 valence electrons. The Morgan fingerprint density at radius 3 is 2.86 bits per heavy atom. The van der Waals surface area contributed by atoms with E-state index in [1.807, 2.05) is 6.92 Å². The molecule has 0 bridgehead atoms. The van der Waals surface area contributed by atoms with E-state index in [4.69, 9.17) is 9.47 Å². The zero-order valence-electron chi connectivity index (χ0n) is 15.5. The quantitative estimate of drug-likeness (QED) is 0.801. The van der Waals surface area contributed by atoms with Gasteiger partial charge in [-0.05, 0) is 42.0 Å². The lowest BCUT2D eigenvalue weighted by Crippen LogP contribution is -2.52. The van der Waals surface area contributed by atoms with Crippen LogP contribution in [0.5, 0.6) is 11.5 Å². The van der Waals surface area contributed by atoms with Crippen LogP contribution in [0.25, 0.3) is 0 Å². The molecule has 4 rings (SSSR count). The van der Waals surface area contributed by atoms with E-state index in [9.17, 15) is 13.2 Å². The molecule has 1 aromatic carbocycles. The predicted octanol–water partition coefficient (Wildman–Crippen LogP) is 2.70. The second kappa shape index (κ2) is 7.73. The van der Waals surface area contributed by atoms with Gasteiger partial charge in [0.05, 0.1) is 0 Å². The van der Waals surface area contributed by atoms with E-state index < -0.39 is 10.0 Å². The zero-order chi connectivity index (χ0) is 19.7. The Morgan fingerprint density at radius 2 is 2.11 bits per heavy atom. The average Bonchev–Trinajstić information content (AvgIpc) is 3.39. The zero-order valence-corrected chi connectivity index (χ0v) is 17.1. The summed E-state index contributed by atoms with van der Waals surface area (Å²) in [5.41, 5.74) is 0.507. The fourth-order valence-electron chi connectivity index (χ4n) is 3.65. The maximum atomic E-state index is 12.8. The maximum Gasteiger partial charge on any atom is 0.252 e. The van der Waals surface area contributed by atoms with Crippen LogP contribution in [-0.4, -0.2) is 44.6 Å². The molecule has 2 aromatic rings. The number of nitrogens with one attached hydrogen (secondary N) is 1. The molecule has 9 heteroatoms. The van der Waals surface area contributed by atoms with Crippen molar-refractivity contribution in [2.24, 2.45) is 5.92 Å². The van der Waals surface area contributed by atoms with Crippen LogP contribution in [0.1, 0.15) is 30.1 Å². The molecule has 3 heterocycles. The van der Waals surface area contributed by atoms with E-state index in [0.29, 0.717) is 40.8 Å². The smallest absolute Gasteiger partial charge is 0.252 e. The Balaban J connectivity index is 1.44. The normalized spacial score (nSPS) is 22.2. The van der Waals surface area contributed by atoms with Crippen molar-refractivity contribution < 1.29 is 22.7 Å². The first kappa shape index (κ1) is 19.2. The second-order valence-corrected chi connectivity index (χ2v) is 10.0. The Bertz CT molecular complexity index is 959. The molecule has 7 nitrogen and oxygen atoms in total. The Labute approximate surface area is 168 Å². The van der Waals surface area contributed by atoms with Crippen LogP contribution in [0.15, 0.2) is 39.9 Å². The van der Waals surface area contributed by atoms with Crippen LogP contribution in [0.2, 0.25) is 0 Å². The number of thiophene rings is 1. The number of carbonyl (C=O) groups excluding carboxylic acids is 1. The molecule has 2 aliphatic heterocycles. The summed E-state index contributed by atoms with van der Waals surface area (Å²) < 4.78 is 38.1. The maximum absolute atomic E-state index is 12.8. The highest BCUT2D eigenvalue weighted by molar-refractivity contribution is 7.91. The lowest BCUT2D eigenvalue weighted by Gasteiger charge is -2.37. The third-order valence-electron chi connectivity index (χ3n) is 5.26. The van der Waals surface area contributed by atoms with Gasteiger partial charge in [0.2, 0.25) is 6.79 Å². The molecule has 0 unspecified atom stereocenters. The van der Waals surface area contributed by atoms with Gasteiger partial charge in [0.15, 0.2) is 11.5 Å². The van der Waals surface area contributed by atoms with Crippen molar-refractivity contribution in [1.29, 1.82) is 0 Å². The van der Waals surface area contributed by atoms with Crippen molar-refractivity contribution in [2.45, 2.75) is 30.0 Å². The summed E-state index contributed by atoms with van der Waals surface area (Å²) in [5, 5.41) is 4.85. The molecule has 2 aliphatic rings. The molecular formula is C19H22N2O5S2. The fourth-order valence-corrected chi connectivity index (χ4v) is 6.30. The summed E-state index contributed by atoms with van der Waals surface area (Å²) in [6.07, 6.45) is 1.36. The van der Waals surface area contributed by atoms with Gasteiger partial charge >= 0.3 is 0 Å². The SMILES string of the molecule is CC[C@@H]1CN(S(=O)(=O)c2cccs2)CC[C@@H]1NC(=O)c1ccc2c(c1)OCO2. The molecule has 0 radical (unpaired) electrons. The number of carbonyl (C=O) groups is 1. The third kappa shape index (κ3) is 3.61. The summed E-state index contributed by atoms with van der Waals surface area (Å²) in [6.45, 7) is 2.98. The minimum Gasteiger partial charge on any atom is -0.454 e. The Morgan fingerprint density at radius 1 is 1.29 bits per heavy atom. The fraction of sp³-hybridized carbons (Fsp3) is 0.421. The van der Waals surface area contributed by atoms with E-state index >= 15 is 0 Å². The van der Waals surface area contributed by atoms with Crippen molar-refractivity contribution in [1.82, 2.24) is 9.62 Å². The standard InChI is InChI=1S/C19H22N2O5S2/c1-2-13-11-21(28(23,24)18-4-3-9-27-18)8-7-15(13)20-19(22)14-5-6-16-17(10-14)26-12-25-16/h3-6,9-10,13,15H,2,7-8,11-12H2,1H3,(H,20,22)/t13-,15+/m1/s1. The van der Waals surface area contributed by atoms with Gasteiger partial charge in [-0.3, -0.25) is 4.79 Å². The van der Waals surface area contributed by atoms with Crippen molar-refractivity contribution in [3.8, 4) is 11.5 Å². The summed E-state index contributed by atoms with van der Waals surface area (Å²) in [6, 6.07) is 8.42. The molecule has 28 heavy (non-hydrogen) atoms. The number of rotatable bonds is 5. The monoisotopic (exact) mass is 422 g/mol. The van der Waals surface area contributed by atoms with Gasteiger partial charge in [-0.15, -0.1) is 11.3 Å². The van der Waals surface area contributed by atoms with Crippen LogP contribution in [0, 0.1) is 5.92 Å². The third-order valence-corrected chi connectivity index (χ3v) is 8.50. The summed E-state index contributed by atoms with van der Waals surface area (Å²) >= 11 is 1.23. The number of hydrogen-bond acceptors (Lipinski definition) is 6. The van der Waals surface area contributed by atoms with Gasteiger partial charge in [-0.25, -0.2) is 8.42 Å². The minimum atomic E-state index is -3.46. The number of nitrogens with zero attached hydrogens (tertiary/aromatic N) is 1. The highest BCUT2D eigenvalue weighted by Gasteiger charge is 2.36. The second-order valence-electron chi connectivity index (χ2n) is 6.90. The molecular weight excluding hydrogens is 400 g/mol. The number of amides is 1. The van der Waals surface area contributed by atoms with Crippen LogP contribution >= 0.6 is 11.3 Å². The molecule has 1 aromatic heterocycles. The highest BCUT2D eigenvalue weighted by Crippen LogP contribution is 2.33. The van der Waals surface area contributed by atoms with Crippen molar-refractivity contribution in [3.63, 3.8) is 0 Å². The van der Waals surface area contributed by atoms with Crippen LogP contribution in [-0.2, 0) is 10.0 Å². The van der Waals surface area contributed by atoms with Crippen LogP contribution in [0.4, 0.5) is 0 Å². The van der Waals surface area contributed by atoms with Crippen LogP contribution < -0.4 is 14.8 Å². The number of ether oxygens (including phenoxy) is 2. The van der Waals surface area contributed by atoms with Gasteiger partial charge in [-0.2, -0.15) is 4.31 Å². The summed E-state index contributed by atoms with van der Waals surface area (Å²) in [4.78, 5) is 12.7. The first-order valence-corrected chi connectivity index (χ1v) is 11.5. The predicted molar refractivity (Wildman–Crippen MR) is 105 cm³/mol. The first-order chi connectivity index (χ1) is 13.5. The molecule has 1 N–H and O–H groups in total. The lowest BCUT2D eigenvalue weighted by molar-refractivity contribution is 0.0893.